The molecule has 1 unspecified atom stereocenters. The third-order valence-corrected chi connectivity index (χ3v) is 6.07. The molecule has 176 valence electrons. The minimum absolute atomic E-state index is 0.129. The summed E-state index contributed by atoms with van der Waals surface area (Å²) in [6.07, 6.45) is 0.449. The lowest BCUT2D eigenvalue weighted by atomic mass is 10.1. The maximum atomic E-state index is 12.4. The van der Waals surface area contributed by atoms with Gasteiger partial charge in [0.15, 0.2) is 5.16 Å². The van der Waals surface area contributed by atoms with Gasteiger partial charge in [-0.05, 0) is 29.8 Å². The van der Waals surface area contributed by atoms with E-state index >= 15 is 0 Å². The third kappa shape index (κ3) is 5.93. The summed E-state index contributed by atoms with van der Waals surface area (Å²) in [4.78, 5) is 35.9. The molecule has 1 aliphatic rings. The molecule has 10 nitrogen and oxygen atoms in total. The van der Waals surface area contributed by atoms with E-state index < -0.39 is 12.1 Å². The van der Waals surface area contributed by atoms with Crippen molar-refractivity contribution >= 4 is 29.6 Å². The normalized spacial score (nSPS) is 15.4. The molecule has 2 aromatic carbocycles. The number of amides is 4. The van der Waals surface area contributed by atoms with E-state index in [4.69, 9.17) is 4.74 Å². The standard InChI is InChI=1S/C23H24N6O4S/c1-33-18-9-7-17(8-10-18)29-19(11-16-12-20(30)26-22(32)25-16)27-28-23(29)34-14-21(31)24-13-15-5-3-2-4-6-15/h2-10,16H,11-14H2,1H3,(H,24,31)(H2,25,26,30,32). The molecule has 0 radical (unpaired) electrons. The van der Waals surface area contributed by atoms with Gasteiger partial charge in [0.1, 0.15) is 11.6 Å². The molecule has 0 bridgehead atoms. The van der Waals surface area contributed by atoms with Gasteiger partial charge in [-0.1, -0.05) is 42.1 Å². The van der Waals surface area contributed by atoms with Crippen LogP contribution in [-0.4, -0.2) is 51.5 Å². The minimum atomic E-state index is -0.526. The Morgan fingerprint density at radius 3 is 2.62 bits per heavy atom. The summed E-state index contributed by atoms with van der Waals surface area (Å²) in [5.41, 5.74) is 1.79. The van der Waals surface area contributed by atoms with Crippen LogP contribution < -0.4 is 20.7 Å². The Balaban J connectivity index is 1.49. The van der Waals surface area contributed by atoms with Crippen molar-refractivity contribution in [3.8, 4) is 11.4 Å². The van der Waals surface area contributed by atoms with Crippen molar-refractivity contribution in [3.05, 3.63) is 66.0 Å². The summed E-state index contributed by atoms with van der Waals surface area (Å²) in [7, 11) is 1.59. The molecule has 1 fully saturated rings. The smallest absolute Gasteiger partial charge is 0.321 e. The highest BCUT2D eigenvalue weighted by atomic mass is 32.2. The number of thioether (sulfide) groups is 1. The van der Waals surface area contributed by atoms with Crippen molar-refractivity contribution in [1.82, 2.24) is 30.7 Å². The molecule has 0 aliphatic carbocycles. The van der Waals surface area contributed by atoms with Gasteiger partial charge >= 0.3 is 6.03 Å². The number of urea groups is 1. The van der Waals surface area contributed by atoms with Gasteiger partial charge in [-0.25, -0.2) is 4.79 Å². The van der Waals surface area contributed by atoms with E-state index in [1.165, 1.54) is 11.8 Å². The Hall–Kier alpha value is -3.86. The fourth-order valence-electron chi connectivity index (χ4n) is 3.51. The summed E-state index contributed by atoms with van der Waals surface area (Å²) in [5, 5.41) is 17.0. The second-order valence-electron chi connectivity index (χ2n) is 7.61. The molecular weight excluding hydrogens is 456 g/mol. The molecule has 11 heteroatoms. The topological polar surface area (TPSA) is 127 Å². The number of imide groups is 1. The van der Waals surface area contributed by atoms with Crippen LogP contribution in [0.3, 0.4) is 0 Å². The lowest BCUT2D eigenvalue weighted by Gasteiger charge is -2.23. The van der Waals surface area contributed by atoms with Crippen molar-refractivity contribution in [3.63, 3.8) is 0 Å². The number of hydrogen-bond donors (Lipinski definition) is 3. The van der Waals surface area contributed by atoms with Crippen LogP contribution in [0, 0.1) is 0 Å². The Morgan fingerprint density at radius 2 is 1.91 bits per heavy atom. The SMILES string of the molecule is COc1ccc(-n2c(CC3CC(=O)NC(=O)N3)nnc2SCC(=O)NCc2ccccc2)cc1. The third-order valence-electron chi connectivity index (χ3n) is 5.14. The van der Waals surface area contributed by atoms with Gasteiger partial charge in [-0.3, -0.25) is 19.5 Å². The summed E-state index contributed by atoms with van der Waals surface area (Å²) in [5.74, 6) is 0.954. The molecule has 4 rings (SSSR count). The van der Waals surface area contributed by atoms with Crippen LogP contribution in [0.25, 0.3) is 5.69 Å². The fourth-order valence-corrected chi connectivity index (χ4v) is 4.31. The number of carbonyl (C=O) groups is 3. The zero-order valence-corrected chi connectivity index (χ0v) is 19.3. The molecular formula is C23H24N6O4S. The quantitative estimate of drug-likeness (QED) is 0.399. The van der Waals surface area contributed by atoms with Gasteiger partial charge in [0.05, 0.1) is 12.9 Å². The molecule has 1 aliphatic heterocycles. The summed E-state index contributed by atoms with van der Waals surface area (Å²) < 4.78 is 7.07. The van der Waals surface area contributed by atoms with Gasteiger partial charge in [-0.2, -0.15) is 0 Å². The number of benzene rings is 2. The molecule has 1 aromatic heterocycles. The predicted molar refractivity (Wildman–Crippen MR) is 126 cm³/mol. The first-order valence-corrected chi connectivity index (χ1v) is 11.6. The molecule has 2 heterocycles. The van der Waals surface area contributed by atoms with Crippen LogP contribution in [0.2, 0.25) is 0 Å². The van der Waals surface area contributed by atoms with Crippen molar-refractivity contribution in [2.45, 2.75) is 30.6 Å². The second kappa shape index (κ2) is 10.8. The first-order valence-electron chi connectivity index (χ1n) is 10.6. The van der Waals surface area contributed by atoms with E-state index in [0.717, 1.165) is 11.3 Å². The van der Waals surface area contributed by atoms with Crippen molar-refractivity contribution in [1.29, 1.82) is 0 Å². The second-order valence-corrected chi connectivity index (χ2v) is 8.55. The molecule has 1 atom stereocenters. The number of ether oxygens (including phenoxy) is 1. The molecule has 0 saturated carbocycles. The first-order chi connectivity index (χ1) is 16.5. The van der Waals surface area contributed by atoms with Gasteiger partial charge < -0.3 is 15.4 Å². The number of carbonyl (C=O) groups excluding carboxylic acids is 3. The van der Waals surface area contributed by atoms with E-state index in [1.54, 1.807) is 7.11 Å². The number of hydrogen-bond acceptors (Lipinski definition) is 7. The molecule has 0 spiro atoms. The van der Waals surface area contributed by atoms with Gasteiger partial charge in [0, 0.05) is 31.1 Å². The maximum Gasteiger partial charge on any atom is 0.321 e. The van der Waals surface area contributed by atoms with Crippen LogP contribution in [0.4, 0.5) is 4.79 Å². The maximum absolute atomic E-state index is 12.4. The number of nitrogens with zero attached hydrogens (tertiary/aromatic N) is 3. The highest BCUT2D eigenvalue weighted by Crippen LogP contribution is 2.25. The zero-order valence-electron chi connectivity index (χ0n) is 18.5. The molecule has 3 N–H and O–H groups in total. The Bertz CT molecular complexity index is 1150. The zero-order chi connectivity index (χ0) is 23.9. The van der Waals surface area contributed by atoms with E-state index in [0.29, 0.717) is 29.7 Å². The Morgan fingerprint density at radius 1 is 1.15 bits per heavy atom. The summed E-state index contributed by atoms with van der Waals surface area (Å²) >= 11 is 1.26. The number of rotatable bonds is 9. The fraction of sp³-hybridized carbons (Fsp3) is 0.261. The van der Waals surface area contributed by atoms with Gasteiger partial charge in [0.2, 0.25) is 11.8 Å². The van der Waals surface area contributed by atoms with Crippen molar-refractivity contribution in [2.75, 3.05) is 12.9 Å². The average Bonchev–Trinajstić information content (AvgIpc) is 3.23. The number of aromatic nitrogens is 3. The predicted octanol–water partition coefficient (Wildman–Crippen LogP) is 1.82. The van der Waals surface area contributed by atoms with E-state index in [2.05, 4.69) is 26.1 Å². The number of nitrogens with one attached hydrogen (secondary N) is 3. The summed E-state index contributed by atoms with van der Waals surface area (Å²) in [6, 6.07) is 16.1. The van der Waals surface area contributed by atoms with Crippen LogP contribution >= 0.6 is 11.8 Å². The van der Waals surface area contributed by atoms with Crippen molar-refractivity contribution < 1.29 is 19.1 Å². The highest BCUT2D eigenvalue weighted by Gasteiger charge is 2.27. The largest absolute Gasteiger partial charge is 0.497 e. The van der Waals surface area contributed by atoms with Crippen LogP contribution in [0.5, 0.6) is 5.75 Å². The monoisotopic (exact) mass is 480 g/mol. The van der Waals surface area contributed by atoms with Gasteiger partial charge in [-0.15, -0.1) is 10.2 Å². The van der Waals surface area contributed by atoms with E-state index in [1.807, 2.05) is 59.2 Å². The Labute approximate surface area is 200 Å². The van der Waals surface area contributed by atoms with E-state index in [-0.39, 0.29) is 24.0 Å². The van der Waals surface area contributed by atoms with Crippen LogP contribution in [0.15, 0.2) is 59.8 Å². The number of methoxy groups -OCH3 is 1. The highest BCUT2D eigenvalue weighted by molar-refractivity contribution is 7.99. The summed E-state index contributed by atoms with van der Waals surface area (Å²) in [6.45, 7) is 0.445. The lowest BCUT2D eigenvalue weighted by Crippen LogP contribution is -2.53. The van der Waals surface area contributed by atoms with Crippen LogP contribution in [-0.2, 0) is 22.6 Å². The first kappa shape index (κ1) is 23.3. The molecule has 4 amide bonds. The molecule has 34 heavy (non-hydrogen) atoms. The Kier molecular flexibility index (Phi) is 7.43. The molecule has 3 aromatic rings. The molecule has 1 saturated heterocycles. The average molecular weight is 481 g/mol. The lowest BCUT2D eigenvalue weighted by molar-refractivity contribution is -0.121. The van der Waals surface area contributed by atoms with E-state index in [9.17, 15) is 14.4 Å². The minimum Gasteiger partial charge on any atom is -0.497 e. The van der Waals surface area contributed by atoms with Crippen molar-refractivity contribution in [2.24, 2.45) is 0 Å². The van der Waals surface area contributed by atoms with Gasteiger partial charge in [0.25, 0.3) is 0 Å². The van der Waals surface area contributed by atoms with Crippen LogP contribution in [0.1, 0.15) is 17.8 Å².